The fourth-order valence-corrected chi connectivity index (χ4v) is 2.08. The van der Waals surface area contributed by atoms with Crippen LogP contribution in [0.5, 0.6) is 0 Å². The average Bonchev–Trinajstić information content (AvgIpc) is 2.27. The van der Waals surface area contributed by atoms with Crippen molar-refractivity contribution in [3.05, 3.63) is 47.0 Å². The summed E-state index contributed by atoms with van der Waals surface area (Å²) in [7, 11) is 0. The van der Waals surface area contributed by atoms with Crippen molar-refractivity contribution < 1.29 is 4.79 Å². The predicted octanol–water partition coefficient (Wildman–Crippen LogP) is 3.40. The van der Waals surface area contributed by atoms with Gasteiger partial charge in [0.25, 0.3) is 5.24 Å². The van der Waals surface area contributed by atoms with Gasteiger partial charge in [0.05, 0.1) is 11.6 Å². The molecule has 0 amide bonds. The molecule has 0 heterocycles. The highest BCUT2D eigenvalue weighted by atomic mass is 35.5. The summed E-state index contributed by atoms with van der Waals surface area (Å²) in [5.74, 6) is 0. The van der Waals surface area contributed by atoms with E-state index in [9.17, 15) is 4.79 Å². The summed E-state index contributed by atoms with van der Waals surface area (Å²) in [6, 6.07) is 11.0. The standard InChI is InChI=1S/C13H8ClNO/c1-8-5-6-10-9(7-15)3-2-4-11(10)12(8)13(14)16/h2-6H,1H3. The monoisotopic (exact) mass is 229 g/mol. The Labute approximate surface area is 98.1 Å². The Kier molecular flexibility index (Phi) is 2.64. The van der Waals surface area contributed by atoms with Crippen molar-refractivity contribution in [2.24, 2.45) is 0 Å². The number of benzene rings is 2. The van der Waals surface area contributed by atoms with Crippen molar-refractivity contribution in [2.75, 3.05) is 0 Å². The van der Waals surface area contributed by atoms with Crippen LogP contribution in [0.4, 0.5) is 0 Å². The first-order valence-corrected chi connectivity index (χ1v) is 5.15. The summed E-state index contributed by atoms with van der Waals surface area (Å²) >= 11 is 5.56. The second-order valence-electron chi connectivity index (χ2n) is 3.54. The first kappa shape index (κ1) is 10.7. The third-order valence-corrected chi connectivity index (χ3v) is 2.78. The first-order valence-electron chi connectivity index (χ1n) is 4.77. The van der Waals surface area contributed by atoms with Gasteiger partial charge < -0.3 is 0 Å². The Morgan fingerprint density at radius 3 is 2.62 bits per heavy atom. The zero-order chi connectivity index (χ0) is 11.7. The van der Waals surface area contributed by atoms with E-state index in [0.717, 1.165) is 16.3 Å². The largest absolute Gasteiger partial charge is 0.276 e. The lowest BCUT2D eigenvalue weighted by molar-refractivity contribution is 0.108. The van der Waals surface area contributed by atoms with Gasteiger partial charge in [0.15, 0.2) is 0 Å². The number of hydrogen-bond donors (Lipinski definition) is 0. The Balaban J connectivity index is 2.96. The zero-order valence-corrected chi connectivity index (χ0v) is 9.38. The number of halogens is 1. The number of nitrogens with zero attached hydrogens (tertiary/aromatic N) is 1. The molecule has 2 aromatic carbocycles. The maximum absolute atomic E-state index is 11.4. The SMILES string of the molecule is Cc1ccc2c(C#N)cccc2c1C(=O)Cl. The van der Waals surface area contributed by atoms with Crippen LogP contribution in [0.25, 0.3) is 10.8 Å². The Morgan fingerprint density at radius 1 is 1.25 bits per heavy atom. The van der Waals surface area contributed by atoms with Gasteiger partial charge in [-0.05, 0) is 35.5 Å². The summed E-state index contributed by atoms with van der Waals surface area (Å²) in [6.07, 6.45) is 0. The van der Waals surface area contributed by atoms with Crippen molar-refractivity contribution in [3.63, 3.8) is 0 Å². The van der Waals surface area contributed by atoms with Gasteiger partial charge >= 0.3 is 0 Å². The number of hydrogen-bond acceptors (Lipinski definition) is 2. The fraction of sp³-hybridized carbons (Fsp3) is 0.0769. The molecule has 0 fully saturated rings. The van der Waals surface area contributed by atoms with E-state index in [4.69, 9.17) is 16.9 Å². The van der Waals surface area contributed by atoms with Crippen LogP contribution in [0.3, 0.4) is 0 Å². The van der Waals surface area contributed by atoms with E-state index >= 15 is 0 Å². The highest BCUT2D eigenvalue weighted by molar-refractivity contribution is 6.68. The molecule has 2 rings (SSSR count). The van der Waals surface area contributed by atoms with E-state index < -0.39 is 5.24 Å². The van der Waals surface area contributed by atoms with Crippen molar-refractivity contribution in [3.8, 4) is 6.07 Å². The van der Waals surface area contributed by atoms with E-state index in [1.165, 1.54) is 0 Å². The average molecular weight is 230 g/mol. The topological polar surface area (TPSA) is 40.9 Å². The molecular weight excluding hydrogens is 222 g/mol. The van der Waals surface area contributed by atoms with Crippen LogP contribution < -0.4 is 0 Å². The van der Waals surface area contributed by atoms with Crippen LogP contribution in [0.1, 0.15) is 21.5 Å². The minimum absolute atomic E-state index is 0.483. The van der Waals surface area contributed by atoms with E-state index in [0.29, 0.717) is 11.1 Å². The molecule has 0 radical (unpaired) electrons. The van der Waals surface area contributed by atoms with E-state index in [1.54, 1.807) is 24.3 Å². The maximum Gasteiger partial charge on any atom is 0.253 e. The molecule has 0 N–H and O–H groups in total. The van der Waals surface area contributed by atoms with E-state index in [2.05, 4.69) is 6.07 Å². The molecule has 0 bridgehead atoms. The summed E-state index contributed by atoms with van der Waals surface area (Å²) in [5, 5.41) is 9.98. The maximum atomic E-state index is 11.4. The van der Waals surface area contributed by atoms with Crippen LogP contribution in [0.2, 0.25) is 0 Å². The van der Waals surface area contributed by atoms with E-state index in [1.807, 2.05) is 13.0 Å². The molecule has 2 aromatic rings. The number of fused-ring (bicyclic) bond motifs is 1. The quantitative estimate of drug-likeness (QED) is 0.704. The van der Waals surface area contributed by atoms with Crippen LogP contribution in [0.15, 0.2) is 30.3 Å². The summed E-state index contributed by atoms with van der Waals surface area (Å²) in [5.41, 5.74) is 1.86. The molecule has 0 saturated heterocycles. The summed E-state index contributed by atoms with van der Waals surface area (Å²) in [6.45, 7) is 1.83. The molecule has 0 aliphatic heterocycles. The highest BCUT2D eigenvalue weighted by Crippen LogP contribution is 2.26. The molecule has 0 aliphatic rings. The molecule has 0 unspecified atom stereocenters. The lowest BCUT2D eigenvalue weighted by Gasteiger charge is -2.06. The number of nitriles is 1. The molecule has 0 spiro atoms. The Bertz CT molecular complexity index is 626. The van der Waals surface area contributed by atoms with Crippen LogP contribution in [0, 0.1) is 18.3 Å². The van der Waals surface area contributed by atoms with Gasteiger partial charge in [-0.3, -0.25) is 4.79 Å². The molecule has 0 aromatic heterocycles. The molecule has 78 valence electrons. The van der Waals surface area contributed by atoms with Gasteiger partial charge in [0.2, 0.25) is 0 Å². The van der Waals surface area contributed by atoms with Crippen molar-refractivity contribution in [1.29, 1.82) is 5.26 Å². The molecule has 0 saturated carbocycles. The fourth-order valence-electron chi connectivity index (χ4n) is 1.83. The third kappa shape index (κ3) is 1.56. The second kappa shape index (κ2) is 3.96. The third-order valence-electron chi connectivity index (χ3n) is 2.59. The number of aryl methyl sites for hydroxylation is 1. The second-order valence-corrected chi connectivity index (χ2v) is 3.89. The lowest BCUT2D eigenvalue weighted by Crippen LogP contribution is -1.96. The number of rotatable bonds is 1. The van der Waals surface area contributed by atoms with Gasteiger partial charge in [-0.2, -0.15) is 5.26 Å². The van der Waals surface area contributed by atoms with Gasteiger partial charge in [0, 0.05) is 10.9 Å². The molecular formula is C13H8ClNO. The number of carbonyl (C=O) groups excluding carboxylic acids is 1. The van der Waals surface area contributed by atoms with Crippen LogP contribution in [-0.2, 0) is 0 Å². The molecule has 0 aliphatic carbocycles. The van der Waals surface area contributed by atoms with Gasteiger partial charge in [-0.1, -0.05) is 24.3 Å². The minimum Gasteiger partial charge on any atom is -0.276 e. The number of carbonyl (C=O) groups is 1. The molecule has 3 heteroatoms. The van der Waals surface area contributed by atoms with Crippen molar-refractivity contribution in [2.45, 2.75) is 6.92 Å². The van der Waals surface area contributed by atoms with Gasteiger partial charge in [-0.15, -0.1) is 0 Å². The summed E-state index contributed by atoms with van der Waals surface area (Å²) in [4.78, 5) is 11.4. The highest BCUT2D eigenvalue weighted by Gasteiger charge is 2.12. The minimum atomic E-state index is -0.488. The lowest BCUT2D eigenvalue weighted by atomic mass is 9.97. The molecule has 16 heavy (non-hydrogen) atoms. The van der Waals surface area contributed by atoms with Crippen molar-refractivity contribution >= 4 is 27.6 Å². The first-order chi connectivity index (χ1) is 7.65. The summed E-state index contributed by atoms with van der Waals surface area (Å²) < 4.78 is 0. The van der Waals surface area contributed by atoms with Crippen molar-refractivity contribution in [1.82, 2.24) is 0 Å². The normalized spacial score (nSPS) is 10.1. The molecule has 0 atom stereocenters. The predicted molar refractivity (Wildman–Crippen MR) is 63.6 cm³/mol. The Hall–Kier alpha value is -1.85. The smallest absolute Gasteiger partial charge is 0.253 e. The van der Waals surface area contributed by atoms with E-state index in [-0.39, 0.29) is 0 Å². The Morgan fingerprint density at radius 2 is 2.00 bits per heavy atom. The molecule has 2 nitrogen and oxygen atoms in total. The van der Waals surface area contributed by atoms with Gasteiger partial charge in [0.1, 0.15) is 0 Å². The van der Waals surface area contributed by atoms with Gasteiger partial charge in [-0.25, -0.2) is 0 Å². The van der Waals surface area contributed by atoms with Crippen LogP contribution >= 0.6 is 11.6 Å². The zero-order valence-electron chi connectivity index (χ0n) is 8.62. The van der Waals surface area contributed by atoms with Crippen LogP contribution in [-0.4, -0.2) is 5.24 Å².